The van der Waals surface area contributed by atoms with Crippen molar-refractivity contribution in [2.75, 3.05) is 18.9 Å². The van der Waals surface area contributed by atoms with Crippen molar-refractivity contribution in [2.45, 2.75) is 47.7 Å². The maximum absolute atomic E-state index is 13.5. The number of anilines is 2. The van der Waals surface area contributed by atoms with E-state index < -0.39 is 44.0 Å². The lowest BCUT2D eigenvalue weighted by Gasteiger charge is -2.22. The van der Waals surface area contributed by atoms with Gasteiger partial charge in [-0.1, -0.05) is 12.1 Å². The number of hydrogen-bond donors (Lipinski definition) is 1. The predicted molar refractivity (Wildman–Crippen MR) is 151 cm³/mol. The van der Waals surface area contributed by atoms with E-state index in [9.17, 15) is 18.9 Å². The molecule has 0 amide bonds. The highest BCUT2D eigenvalue weighted by Crippen LogP contribution is 2.51. The zero-order chi connectivity index (χ0) is 29.7. The number of nitrogens with zero attached hydrogens (tertiary/aromatic N) is 2. The summed E-state index contributed by atoms with van der Waals surface area (Å²) in [5.41, 5.74) is 0.626. The average molecular weight is 574 g/mol. The van der Waals surface area contributed by atoms with Gasteiger partial charge in [-0.2, -0.15) is 0 Å². The molecule has 0 spiro atoms. The molecule has 0 fully saturated rings. The Morgan fingerprint density at radius 1 is 0.900 bits per heavy atom. The van der Waals surface area contributed by atoms with Crippen LogP contribution in [0.5, 0.6) is 0 Å². The number of esters is 2. The SMILES string of the molecule is Cn1ccc2c(Nc3ccc(CP(=O)(OCOC(=O)C(C)(C)C)OCOC(=O)C(C)(C)C)cc3)ccnc2c1=O. The van der Waals surface area contributed by atoms with E-state index >= 15 is 0 Å². The van der Waals surface area contributed by atoms with E-state index in [4.69, 9.17) is 18.5 Å². The van der Waals surface area contributed by atoms with E-state index in [1.165, 1.54) is 4.57 Å². The maximum Gasteiger partial charge on any atom is 0.340 e. The first-order chi connectivity index (χ1) is 18.6. The second kappa shape index (κ2) is 12.3. The zero-order valence-electron chi connectivity index (χ0n) is 23.8. The number of aryl methyl sites for hydroxylation is 1. The van der Waals surface area contributed by atoms with Gasteiger partial charge >= 0.3 is 19.5 Å². The summed E-state index contributed by atoms with van der Waals surface area (Å²) in [4.78, 5) is 40.8. The molecule has 3 aromatic rings. The van der Waals surface area contributed by atoms with Crippen LogP contribution in [-0.4, -0.2) is 35.1 Å². The van der Waals surface area contributed by atoms with Crippen LogP contribution in [0.2, 0.25) is 0 Å². The molecule has 40 heavy (non-hydrogen) atoms. The van der Waals surface area contributed by atoms with Crippen molar-refractivity contribution in [2.24, 2.45) is 17.9 Å². The van der Waals surface area contributed by atoms with Crippen molar-refractivity contribution < 1.29 is 32.7 Å². The fourth-order valence-electron chi connectivity index (χ4n) is 3.30. The third-order valence-corrected chi connectivity index (χ3v) is 7.44. The molecule has 1 aromatic carbocycles. The fourth-order valence-corrected chi connectivity index (χ4v) is 4.64. The molecule has 3 rings (SSSR count). The number of aromatic nitrogens is 2. The van der Waals surface area contributed by atoms with Crippen molar-refractivity contribution in [3.05, 3.63) is 64.7 Å². The van der Waals surface area contributed by atoms with Gasteiger partial charge in [0, 0.05) is 36.2 Å². The first-order valence-electron chi connectivity index (χ1n) is 12.6. The van der Waals surface area contributed by atoms with Gasteiger partial charge in [0.1, 0.15) is 5.52 Å². The van der Waals surface area contributed by atoms with Crippen LogP contribution < -0.4 is 10.9 Å². The molecule has 0 aliphatic rings. The smallest absolute Gasteiger partial charge is 0.340 e. The number of nitrogens with one attached hydrogen (secondary N) is 1. The summed E-state index contributed by atoms with van der Waals surface area (Å²) < 4.78 is 36.0. The third-order valence-electron chi connectivity index (χ3n) is 5.69. The summed E-state index contributed by atoms with van der Waals surface area (Å²) >= 11 is 0. The van der Waals surface area contributed by atoms with E-state index in [1.807, 2.05) is 6.07 Å². The highest BCUT2D eigenvalue weighted by atomic mass is 31.2. The van der Waals surface area contributed by atoms with Gasteiger partial charge in [-0.15, -0.1) is 0 Å². The minimum Gasteiger partial charge on any atom is -0.438 e. The van der Waals surface area contributed by atoms with Crippen LogP contribution in [0.1, 0.15) is 47.1 Å². The largest absolute Gasteiger partial charge is 0.438 e. The molecule has 12 heteroatoms. The van der Waals surface area contributed by atoms with Crippen LogP contribution in [0, 0.1) is 10.8 Å². The molecule has 0 saturated carbocycles. The highest BCUT2D eigenvalue weighted by molar-refractivity contribution is 7.53. The maximum atomic E-state index is 13.5. The molecule has 1 N–H and O–H groups in total. The van der Waals surface area contributed by atoms with Crippen molar-refractivity contribution in [1.82, 2.24) is 9.55 Å². The van der Waals surface area contributed by atoms with E-state index in [2.05, 4.69) is 10.3 Å². The van der Waals surface area contributed by atoms with Gasteiger partial charge in [-0.25, -0.2) is 0 Å². The normalized spacial score (nSPS) is 12.3. The molecule has 0 aliphatic heterocycles. The van der Waals surface area contributed by atoms with Crippen molar-refractivity contribution in [3.63, 3.8) is 0 Å². The van der Waals surface area contributed by atoms with E-state index in [1.54, 1.807) is 91.3 Å². The summed E-state index contributed by atoms with van der Waals surface area (Å²) in [7, 11) is -2.24. The molecule has 2 aromatic heterocycles. The number of fused-ring (bicyclic) bond motifs is 1. The van der Waals surface area contributed by atoms with Crippen molar-refractivity contribution >= 4 is 41.8 Å². The standard InChI is InChI=1S/C28H36N3O8P/c1-27(2,3)25(33)36-17-38-40(35,39-18-37-26(34)28(4,5)6)16-19-8-10-20(11-9-19)30-22-12-14-29-23-21(22)13-15-31(7)24(23)32/h8-15H,16-18H2,1-7H3,(H,29,30). The fraction of sp³-hybridized carbons (Fsp3) is 0.429. The number of rotatable bonds is 10. The Balaban J connectivity index is 1.73. The molecule has 0 unspecified atom stereocenters. The minimum atomic E-state index is -3.90. The van der Waals surface area contributed by atoms with Crippen molar-refractivity contribution in [3.8, 4) is 0 Å². The Bertz CT molecular complexity index is 1430. The lowest BCUT2D eigenvalue weighted by molar-refractivity contribution is -0.162. The molecule has 216 valence electrons. The van der Waals surface area contributed by atoms with Crippen LogP contribution in [0.4, 0.5) is 11.4 Å². The van der Waals surface area contributed by atoms with Crippen LogP contribution >= 0.6 is 7.60 Å². The second-order valence-electron chi connectivity index (χ2n) is 11.3. The highest BCUT2D eigenvalue weighted by Gasteiger charge is 2.30. The number of ether oxygens (including phenoxy) is 2. The zero-order valence-corrected chi connectivity index (χ0v) is 24.7. The van der Waals surface area contributed by atoms with Gasteiger partial charge < -0.3 is 19.4 Å². The van der Waals surface area contributed by atoms with Gasteiger partial charge in [0.25, 0.3) is 5.56 Å². The Labute approximate surface area is 233 Å². The summed E-state index contributed by atoms with van der Waals surface area (Å²) in [5.74, 6) is -1.06. The number of carbonyl (C=O) groups excluding carboxylic acids is 2. The Kier molecular flexibility index (Phi) is 9.56. The molecule has 0 atom stereocenters. The Hall–Kier alpha value is -3.53. The monoisotopic (exact) mass is 573 g/mol. The summed E-state index contributed by atoms with van der Waals surface area (Å²) in [6, 6.07) is 10.6. The molecule has 0 aliphatic carbocycles. The first kappa shape index (κ1) is 31.0. The molecular formula is C28H36N3O8P. The van der Waals surface area contributed by atoms with E-state index in [0.717, 1.165) is 0 Å². The quantitative estimate of drug-likeness (QED) is 0.188. The summed E-state index contributed by atoms with van der Waals surface area (Å²) in [5, 5.41) is 3.95. The topological polar surface area (TPSA) is 135 Å². The molecule has 0 radical (unpaired) electrons. The number of pyridine rings is 2. The number of benzene rings is 1. The van der Waals surface area contributed by atoms with E-state index in [-0.39, 0.29) is 11.7 Å². The summed E-state index contributed by atoms with van der Waals surface area (Å²) in [6.45, 7) is 8.91. The van der Waals surface area contributed by atoms with Crippen LogP contribution in [0.25, 0.3) is 10.9 Å². The minimum absolute atomic E-state index is 0.165. The van der Waals surface area contributed by atoms with Gasteiger partial charge in [0.15, 0.2) is 0 Å². The molecule has 11 nitrogen and oxygen atoms in total. The van der Waals surface area contributed by atoms with Gasteiger partial charge in [-0.05, 0) is 71.4 Å². The predicted octanol–water partition coefficient (Wildman–Crippen LogP) is 5.50. The Morgan fingerprint density at radius 3 is 1.98 bits per heavy atom. The molecule has 0 saturated heterocycles. The third kappa shape index (κ3) is 8.24. The number of hydrogen-bond acceptors (Lipinski definition) is 10. The number of carbonyl (C=O) groups is 2. The van der Waals surface area contributed by atoms with E-state index in [0.29, 0.717) is 27.8 Å². The molecule has 2 heterocycles. The molecule has 0 bridgehead atoms. The molecular weight excluding hydrogens is 537 g/mol. The second-order valence-corrected chi connectivity index (χ2v) is 13.4. The van der Waals surface area contributed by atoms with Crippen LogP contribution in [-0.2, 0) is 45.9 Å². The summed E-state index contributed by atoms with van der Waals surface area (Å²) in [6.07, 6.45) is 3.07. The van der Waals surface area contributed by atoms with Gasteiger partial charge in [-0.3, -0.25) is 33.0 Å². The van der Waals surface area contributed by atoms with Crippen LogP contribution in [0.15, 0.2) is 53.6 Å². The Morgan fingerprint density at radius 2 is 1.45 bits per heavy atom. The lowest BCUT2D eigenvalue weighted by Crippen LogP contribution is -2.24. The average Bonchev–Trinajstić information content (AvgIpc) is 2.86. The van der Waals surface area contributed by atoms with Gasteiger partial charge in [0.05, 0.1) is 17.0 Å². The lowest BCUT2D eigenvalue weighted by atomic mass is 9.98. The van der Waals surface area contributed by atoms with Gasteiger partial charge in [0.2, 0.25) is 13.6 Å². The van der Waals surface area contributed by atoms with Crippen LogP contribution in [0.3, 0.4) is 0 Å². The van der Waals surface area contributed by atoms with Crippen molar-refractivity contribution in [1.29, 1.82) is 0 Å². The first-order valence-corrected chi connectivity index (χ1v) is 14.3.